The van der Waals surface area contributed by atoms with Crippen molar-refractivity contribution >= 4 is 17.2 Å². The molecule has 1 aromatic carbocycles. The molecule has 0 spiro atoms. The fourth-order valence-corrected chi connectivity index (χ4v) is 4.68. The third-order valence-electron chi connectivity index (χ3n) is 6.12. The van der Waals surface area contributed by atoms with Crippen molar-refractivity contribution in [3.05, 3.63) is 35.0 Å². The Morgan fingerprint density at radius 2 is 2.04 bits per heavy atom. The zero-order valence-electron chi connectivity index (χ0n) is 16.9. The number of ether oxygens (including phenoxy) is 1. The Kier molecular flexibility index (Phi) is 5.16. The highest BCUT2D eigenvalue weighted by Gasteiger charge is 2.37. The van der Waals surface area contributed by atoms with Gasteiger partial charge < -0.3 is 15.0 Å². The highest BCUT2D eigenvalue weighted by molar-refractivity contribution is 5.98. The average molecular weight is 380 g/mol. The summed E-state index contributed by atoms with van der Waals surface area (Å²) in [4.78, 5) is 15.0. The average Bonchev–Trinajstić information content (AvgIpc) is 2.67. The summed E-state index contributed by atoms with van der Waals surface area (Å²) >= 11 is 0. The van der Waals surface area contributed by atoms with Gasteiger partial charge in [0.1, 0.15) is 6.07 Å². The van der Waals surface area contributed by atoms with E-state index in [9.17, 15) is 10.1 Å². The number of ketones is 1. The minimum absolute atomic E-state index is 0.00127. The molecule has 1 N–H and O–H groups in total. The van der Waals surface area contributed by atoms with E-state index in [1.54, 1.807) is 0 Å². The minimum Gasteiger partial charge on any atom is -0.381 e. The fraction of sp³-hybridized carbons (Fsp3) is 0.565. The highest BCUT2D eigenvalue weighted by atomic mass is 16.5. The summed E-state index contributed by atoms with van der Waals surface area (Å²) in [7, 11) is 0. The number of Topliss-reactive ketones (excluding diaryl/α,β-unsaturated/α-hetero) is 1. The number of hydrogen-bond acceptors (Lipinski definition) is 5. The molecular weight excluding hydrogens is 350 g/mol. The van der Waals surface area contributed by atoms with Crippen molar-refractivity contribution in [2.75, 3.05) is 30.0 Å². The molecule has 148 valence electrons. The Morgan fingerprint density at radius 3 is 2.79 bits per heavy atom. The van der Waals surface area contributed by atoms with Gasteiger partial charge in [-0.1, -0.05) is 13.8 Å². The van der Waals surface area contributed by atoms with Gasteiger partial charge in [0.25, 0.3) is 0 Å². The van der Waals surface area contributed by atoms with Gasteiger partial charge in [-0.3, -0.25) is 4.79 Å². The van der Waals surface area contributed by atoms with Gasteiger partial charge in [-0.15, -0.1) is 0 Å². The normalized spacial score (nSPS) is 22.6. The molecule has 0 amide bonds. The Bertz CT molecular complexity index is 844. The van der Waals surface area contributed by atoms with Crippen LogP contribution in [0.4, 0.5) is 11.4 Å². The first-order chi connectivity index (χ1) is 13.5. The number of benzene rings is 1. The van der Waals surface area contributed by atoms with Crippen LogP contribution in [0.3, 0.4) is 0 Å². The van der Waals surface area contributed by atoms with Gasteiger partial charge in [0.05, 0.1) is 11.3 Å². The lowest BCUT2D eigenvalue weighted by Crippen LogP contribution is -2.38. The Morgan fingerprint density at radius 1 is 1.25 bits per heavy atom. The van der Waals surface area contributed by atoms with Gasteiger partial charge in [0.2, 0.25) is 0 Å². The second kappa shape index (κ2) is 7.60. The van der Waals surface area contributed by atoms with Crippen molar-refractivity contribution < 1.29 is 9.53 Å². The largest absolute Gasteiger partial charge is 0.381 e. The molecule has 5 heteroatoms. The van der Waals surface area contributed by atoms with Crippen LogP contribution in [0.5, 0.6) is 0 Å². The van der Waals surface area contributed by atoms with Crippen LogP contribution in [0.2, 0.25) is 0 Å². The minimum atomic E-state index is 0.00127. The van der Waals surface area contributed by atoms with Crippen LogP contribution in [0.1, 0.15) is 57.9 Å². The number of hydrogen-bond donors (Lipinski definition) is 1. The number of nitrogens with one attached hydrogen (secondary N) is 1. The highest BCUT2D eigenvalue weighted by Crippen LogP contribution is 2.43. The number of rotatable bonds is 3. The van der Waals surface area contributed by atoms with E-state index in [1.165, 1.54) is 5.70 Å². The van der Waals surface area contributed by atoms with E-state index in [1.807, 2.05) is 12.1 Å². The van der Waals surface area contributed by atoms with Crippen LogP contribution >= 0.6 is 0 Å². The van der Waals surface area contributed by atoms with E-state index < -0.39 is 0 Å². The maximum atomic E-state index is 12.7. The summed E-state index contributed by atoms with van der Waals surface area (Å²) in [5.74, 6) is 0.310. The lowest BCUT2D eigenvalue weighted by atomic mass is 9.73. The van der Waals surface area contributed by atoms with Crippen molar-refractivity contribution in [2.24, 2.45) is 5.41 Å². The van der Waals surface area contributed by atoms with Gasteiger partial charge in [-0.25, -0.2) is 0 Å². The van der Waals surface area contributed by atoms with E-state index in [2.05, 4.69) is 36.2 Å². The molecule has 1 aliphatic carbocycles. The maximum absolute atomic E-state index is 12.7. The zero-order chi connectivity index (χ0) is 19.7. The topological polar surface area (TPSA) is 65.4 Å². The van der Waals surface area contributed by atoms with Crippen molar-refractivity contribution in [3.63, 3.8) is 0 Å². The molecule has 0 bridgehead atoms. The summed E-state index contributed by atoms with van der Waals surface area (Å²) < 4.78 is 5.45. The molecule has 2 aliphatic heterocycles. The molecule has 28 heavy (non-hydrogen) atoms. The number of carbonyl (C=O) groups excluding carboxylic acids is 1. The molecular formula is C23H29N3O2. The molecule has 3 aliphatic rings. The quantitative estimate of drug-likeness (QED) is 0.844. The number of nitrogens with zero attached hydrogens (tertiary/aromatic N) is 2. The molecule has 0 saturated carbocycles. The molecule has 0 unspecified atom stereocenters. The van der Waals surface area contributed by atoms with E-state index >= 15 is 0 Å². The molecule has 0 aromatic heterocycles. The van der Waals surface area contributed by atoms with Crippen LogP contribution in [0.25, 0.3) is 0 Å². The predicted molar refractivity (Wildman–Crippen MR) is 110 cm³/mol. The standard InChI is InChI=1S/C23H29N3O2/c1-23(2)13-21-19(22(27)14-23)4-3-9-26(21)18-6-5-16(15-24)20(12-18)25-17-7-10-28-11-8-17/h5-6,12,17,25H,3-4,7-11,13-14H2,1-2H3. The second-order valence-corrected chi connectivity index (χ2v) is 8.99. The van der Waals surface area contributed by atoms with Gasteiger partial charge in [0, 0.05) is 49.2 Å². The van der Waals surface area contributed by atoms with E-state index in [0.717, 1.165) is 68.8 Å². The number of allylic oxidation sites excluding steroid dienone is 2. The maximum Gasteiger partial charge on any atom is 0.161 e. The van der Waals surface area contributed by atoms with Crippen molar-refractivity contribution in [2.45, 2.75) is 58.4 Å². The number of nitriles is 1. The fourth-order valence-electron chi connectivity index (χ4n) is 4.68. The van der Waals surface area contributed by atoms with Gasteiger partial charge in [-0.2, -0.15) is 5.26 Å². The van der Waals surface area contributed by atoms with Crippen LogP contribution < -0.4 is 10.2 Å². The first kappa shape index (κ1) is 19.0. The van der Waals surface area contributed by atoms with Crippen LogP contribution in [0.15, 0.2) is 29.5 Å². The van der Waals surface area contributed by atoms with Crippen LogP contribution in [-0.4, -0.2) is 31.6 Å². The van der Waals surface area contributed by atoms with Gasteiger partial charge >= 0.3 is 0 Å². The number of carbonyl (C=O) groups is 1. The molecule has 2 heterocycles. The molecule has 1 fully saturated rings. The molecule has 5 nitrogen and oxygen atoms in total. The van der Waals surface area contributed by atoms with Crippen molar-refractivity contribution in [1.29, 1.82) is 5.26 Å². The lowest BCUT2D eigenvalue weighted by molar-refractivity contribution is -0.118. The number of anilines is 2. The molecule has 1 saturated heterocycles. The lowest BCUT2D eigenvalue weighted by Gasteiger charge is -2.41. The second-order valence-electron chi connectivity index (χ2n) is 8.99. The Balaban J connectivity index is 1.66. The molecule has 0 atom stereocenters. The van der Waals surface area contributed by atoms with Crippen LogP contribution in [-0.2, 0) is 9.53 Å². The predicted octanol–water partition coefficient (Wildman–Crippen LogP) is 4.39. The van der Waals surface area contributed by atoms with Crippen LogP contribution in [0, 0.1) is 16.7 Å². The van der Waals surface area contributed by atoms with E-state index in [-0.39, 0.29) is 5.41 Å². The summed E-state index contributed by atoms with van der Waals surface area (Å²) in [5, 5.41) is 13.1. The van der Waals surface area contributed by atoms with E-state index in [4.69, 9.17) is 4.74 Å². The summed E-state index contributed by atoms with van der Waals surface area (Å²) in [6.45, 7) is 6.80. The first-order valence-electron chi connectivity index (χ1n) is 10.4. The summed E-state index contributed by atoms with van der Waals surface area (Å²) in [6, 6.07) is 8.67. The third-order valence-corrected chi connectivity index (χ3v) is 6.12. The molecule has 0 radical (unpaired) electrons. The third kappa shape index (κ3) is 3.79. The van der Waals surface area contributed by atoms with Crippen molar-refractivity contribution in [1.82, 2.24) is 0 Å². The van der Waals surface area contributed by atoms with Gasteiger partial charge in [0.15, 0.2) is 5.78 Å². The first-order valence-corrected chi connectivity index (χ1v) is 10.4. The summed E-state index contributed by atoms with van der Waals surface area (Å²) in [5.41, 5.74) is 4.85. The molecule has 4 rings (SSSR count). The summed E-state index contributed by atoms with van der Waals surface area (Å²) in [6.07, 6.45) is 5.37. The SMILES string of the molecule is CC1(C)CC(=O)C2=C(C1)N(c1ccc(C#N)c(NC3CCOCC3)c1)CCC2. The Labute approximate surface area is 167 Å². The smallest absolute Gasteiger partial charge is 0.161 e. The Hall–Kier alpha value is -2.32. The van der Waals surface area contributed by atoms with Gasteiger partial charge in [-0.05, 0) is 55.7 Å². The monoisotopic (exact) mass is 379 g/mol. The zero-order valence-corrected chi connectivity index (χ0v) is 16.9. The van der Waals surface area contributed by atoms with E-state index in [0.29, 0.717) is 23.8 Å². The van der Waals surface area contributed by atoms with Crippen molar-refractivity contribution in [3.8, 4) is 6.07 Å². The molecule has 1 aromatic rings.